The smallest absolute Gasteiger partial charge is 0.396 e. The molecule has 0 amide bonds. The monoisotopic (exact) mass is 289 g/mol. The zero-order chi connectivity index (χ0) is 14.6. The fourth-order valence-electron chi connectivity index (χ4n) is 2.61. The van der Waals surface area contributed by atoms with Crippen LogP contribution in [0.25, 0.3) is 0 Å². The van der Waals surface area contributed by atoms with Gasteiger partial charge in [0.2, 0.25) is 0 Å². The maximum atomic E-state index is 12.3. The molecule has 0 radical (unpaired) electrons. The van der Waals surface area contributed by atoms with Gasteiger partial charge in [-0.3, -0.25) is 0 Å². The molecule has 0 saturated heterocycles. The second-order valence-electron chi connectivity index (χ2n) is 5.17. The van der Waals surface area contributed by atoms with E-state index in [2.05, 4.69) is 15.5 Å². The molecule has 1 fully saturated rings. The number of halogens is 3. The molecular weight excluding hydrogens is 271 g/mol. The standard InChI is InChI=1S/C13H18F3N3O/c14-13(15,16)11-5-6-12(19-18-11)17-7-9-3-1-2-4-10(9)8-20/h5-6,9-10,20H,1-4,7-8H2,(H,17,19). The molecule has 4 nitrogen and oxygen atoms in total. The summed E-state index contributed by atoms with van der Waals surface area (Å²) in [6, 6.07) is 2.20. The minimum Gasteiger partial charge on any atom is -0.396 e. The van der Waals surface area contributed by atoms with Gasteiger partial charge < -0.3 is 10.4 Å². The molecule has 0 spiro atoms. The van der Waals surface area contributed by atoms with E-state index in [0.717, 1.165) is 31.7 Å². The summed E-state index contributed by atoms with van der Waals surface area (Å²) < 4.78 is 37.0. The van der Waals surface area contributed by atoms with Crippen molar-refractivity contribution in [2.45, 2.75) is 31.9 Å². The van der Waals surface area contributed by atoms with Crippen LogP contribution >= 0.6 is 0 Å². The maximum Gasteiger partial charge on any atom is 0.435 e. The van der Waals surface area contributed by atoms with Gasteiger partial charge in [-0.05, 0) is 36.8 Å². The minimum absolute atomic E-state index is 0.158. The lowest BCUT2D eigenvalue weighted by molar-refractivity contribution is -0.141. The van der Waals surface area contributed by atoms with Gasteiger partial charge in [0.25, 0.3) is 0 Å². The van der Waals surface area contributed by atoms with Crippen molar-refractivity contribution in [3.8, 4) is 0 Å². The van der Waals surface area contributed by atoms with Gasteiger partial charge in [-0.2, -0.15) is 13.2 Å². The van der Waals surface area contributed by atoms with Crippen LogP contribution in [0.3, 0.4) is 0 Å². The zero-order valence-corrected chi connectivity index (χ0v) is 11.0. The SMILES string of the molecule is OCC1CCCCC1CNc1ccc(C(F)(F)F)nn1. The Hall–Kier alpha value is -1.37. The Morgan fingerprint density at radius 2 is 1.85 bits per heavy atom. The number of anilines is 1. The quantitative estimate of drug-likeness (QED) is 0.894. The van der Waals surface area contributed by atoms with E-state index in [1.165, 1.54) is 6.07 Å². The first kappa shape index (κ1) is 15.0. The van der Waals surface area contributed by atoms with E-state index in [9.17, 15) is 18.3 Å². The Morgan fingerprint density at radius 1 is 1.15 bits per heavy atom. The predicted molar refractivity (Wildman–Crippen MR) is 68.1 cm³/mol. The number of nitrogens with zero attached hydrogens (tertiary/aromatic N) is 2. The van der Waals surface area contributed by atoms with Crippen LogP contribution in [-0.2, 0) is 6.18 Å². The average Bonchev–Trinajstić information content (AvgIpc) is 2.45. The lowest BCUT2D eigenvalue weighted by Gasteiger charge is -2.30. The first-order valence-electron chi connectivity index (χ1n) is 6.76. The number of aromatic nitrogens is 2. The molecule has 0 bridgehead atoms. The van der Waals surface area contributed by atoms with Crippen LogP contribution in [0.15, 0.2) is 12.1 Å². The van der Waals surface area contributed by atoms with Crippen molar-refractivity contribution < 1.29 is 18.3 Å². The predicted octanol–water partition coefficient (Wildman–Crippen LogP) is 2.71. The summed E-state index contributed by atoms with van der Waals surface area (Å²) in [7, 11) is 0. The molecule has 2 atom stereocenters. The highest BCUT2D eigenvalue weighted by atomic mass is 19.4. The lowest BCUT2D eigenvalue weighted by atomic mass is 9.79. The fraction of sp³-hybridized carbons (Fsp3) is 0.692. The van der Waals surface area contributed by atoms with E-state index < -0.39 is 11.9 Å². The highest BCUT2D eigenvalue weighted by Crippen LogP contribution is 2.30. The van der Waals surface area contributed by atoms with Crippen LogP contribution in [0.2, 0.25) is 0 Å². The van der Waals surface area contributed by atoms with E-state index in [-0.39, 0.29) is 12.5 Å². The Balaban J connectivity index is 1.90. The van der Waals surface area contributed by atoms with Gasteiger partial charge in [0, 0.05) is 13.2 Å². The van der Waals surface area contributed by atoms with Crippen molar-refractivity contribution >= 4 is 5.82 Å². The summed E-state index contributed by atoms with van der Waals surface area (Å²) in [6.45, 7) is 0.760. The van der Waals surface area contributed by atoms with Crippen LogP contribution in [-0.4, -0.2) is 28.5 Å². The first-order valence-corrected chi connectivity index (χ1v) is 6.76. The maximum absolute atomic E-state index is 12.3. The number of rotatable bonds is 4. The number of aliphatic hydroxyl groups excluding tert-OH is 1. The van der Waals surface area contributed by atoms with E-state index in [0.29, 0.717) is 18.3 Å². The van der Waals surface area contributed by atoms with Crippen LogP contribution in [0.5, 0.6) is 0 Å². The molecule has 1 aromatic heterocycles. The van der Waals surface area contributed by atoms with Gasteiger partial charge in [0.1, 0.15) is 5.82 Å². The molecular formula is C13H18F3N3O. The molecule has 1 saturated carbocycles. The normalized spacial score (nSPS) is 23.6. The number of nitrogens with one attached hydrogen (secondary N) is 1. The fourth-order valence-corrected chi connectivity index (χ4v) is 2.61. The first-order chi connectivity index (χ1) is 9.50. The van der Waals surface area contributed by atoms with E-state index >= 15 is 0 Å². The van der Waals surface area contributed by atoms with Crippen LogP contribution < -0.4 is 5.32 Å². The van der Waals surface area contributed by atoms with E-state index in [1.807, 2.05) is 0 Å². The van der Waals surface area contributed by atoms with Crippen molar-refractivity contribution in [1.82, 2.24) is 10.2 Å². The summed E-state index contributed by atoms with van der Waals surface area (Å²) in [6.07, 6.45) is -0.186. The van der Waals surface area contributed by atoms with E-state index in [1.54, 1.807) is 0 Å². The van der Waals surface area contributed by atoms with Crippen molar-refractivity contribution in [2.75, 3.05) is 18.5 Å². The van der Waals surface area contributed by atoms with Gasteiger partial charge in [0.05, 0.1) is 0 Å². The number of alkyl halides is 3. The molecule has 20 heavy (non-hydrogen) atoms. The largest absolute Gasteiger partial charge is 0.435 e. The van der Waals surface area contributed by atoms with Crippen molar-refractivity contribution in [3.63, 3.8) is 0 Å². The van der Waals surface area contributed by atoms with Gasteiger partial charge in [-0.1, -0.05) is 12.8 Å². The van der Waals surface area contributed by atoms with Crippen molar-refractivity contribution in [1.29, 1.82) is 0 Å². The number of hydrogen-bond donors (Lipinski definition) is 2. The third kappa shape index (κ3) is 3.82. The third-order valence-electron chi connectivity index (χ3n) is 3.80. The van der Waals surface area contributed by atoms with Gasteiger partial charge in [-0.25, -0.2) is 0 Å². The summed E-state index contributed by atoms with van der Waals surface area (Å²) in [4.78, 5) is 0. The minimum atomic E-state index is -4.46. The summed E-state index contributed by atoms with van der Waals surface area (Å²) in [5.41, 5.74) is -0.992. The van der Waals surface area contributed by atoms with Gasteiger partial charge in [0.15, 0.2) is 5.69 Å². The Bertz CT molecular complexity index is 422. The Labute approximate surface area is 115 Å². The van der Waals surface area contributed by atoms with Crippen LogP contribution in [0, 0.1) is 11.8 Å². The summed E-state index contributed by atoms with van der Waals surface area (Å²) >= 11 is 0. The van der Waals surface area contributed by atoms with Crippen molar-refractivity contribution in [2.24, 2.45) is 11.8 Å². The second-order valence-corrected chi connectivity index (χ2v) is 5.17. The van der Waals surface area contributed by atoms with Gasteiger partial charge >= 0.3 is 6.18 Å². The summed E-state index contributed by atoms with van der Waals surface area (Å²) in [5, 5.41) is 19.0. The molecule has 1 aromatic rings. The second kappa shape index (κ2) is 6.39. The van der Waals surface area contributed by atoms with E-state index in [4.69, 9.17) is 0 Å². The number of hydrogen-bond acceptors (Lipinski definition) is 4. The molecule has 2 N–H and O–H groups in total. The zero-order valence-electron chi connectivity index (χ0n) is 11.0. The van der Waals surface area contributed by atoms with Crippen molar-refractivity contribution in [3.05, 3.63) is 17.8 Å². The molecule has 2 rings (SSSR count). The highest BCUT2D eigenvalue weighted by molar-refractivity contribution is 5.33. The average molecular weight is 289 g/mol. The van der Waals surface area contributed by atoms with Crippen LogP contribution in [0.4, 0.5) is 19.0 Å². The number of aliphatic hydroxyl groups is 1. The summed E-state index contributed by atoms with van der Waals surface area (Å²) in [5.74, 6) is 0.928. The lowest BCUT2D eigenvalue weighted by Crippen LogP contribution is -2.28. The van der Waals surface area contributed by atoms with Crippen LogP contribution in [0.1, 0.15) is 31.4 Å². The molecule has 0 aliphatic heterocycles. The third-order valence-corrected chi connectivity index (χ3v) is 3.80. The molecule has 112 valence electrons. The molecule has 0 aromatic carbocycles. The highest BCUT2D eigenvalue weighted by Gasteiger charge is 2.33. The molecule has 1 heterocycles. The molecule has 1 aliphatic carbocycles. The topological polar surface area (TPSA) is 58.0 Å². The molecule has 2 unspecified atom stereocenters. The van der Waals surface area contributed by atoms with Gasteiger partial charge in [-0.15, -0.1) is 10.2 Å². The Kier molecular flexibility index (Phi) is 4.80. The molecule has 1 aliphatic rings. The Morgan fingerprint density at radius 3 is 2.40 bits per heavy atom. The molecule has 7 heteroatoms.